The van der Waals surface area contributed by atoms with Crippen LogP contribution in [0.4, 0.5) is 0 Å². The fourth-order valence-corrected chi connectivity index (χ4v) is 3.62. The summed E-state index contributed by atoms with van der Waals surface area (Å²) in [5, 5.41) is 4.37. The number of hydrogen-bond donors (Lipinski definition) is 1. The molecule has 0 aliphatic heterocycles. The van der Waals surface area contributed by atoms with Crippen molar-refractivity contribution in [2.24, 2.45) is 5.92 Å². The molecule has 22 heavy (non-hydrogen) atoms. The molecule has 1 saturated carbocycles. The van der Waals surface area contributed by atoms with E-state index in [2.05, 4.69) is 39.1 Å². The number of nitrogens with zero attached hydrogens (tertiary/aromatic N) is 1. The highest BCUT2D eigenvalue weighted by atomic mass is 79.9. The lowest BCUT2D eigenvalue weighted by Gasteiger charge is -2.33. The Labute approximate surface area is 147 Å². The number of thiocarbonyl (C=S) groups is 1. The predicted molar refractivity (Wildman–Crippen MR) is 99.3 cm³/mol. The fraction of sp³-hybridized carbons (Fsp3) is 0.588. The summed E-state index contributed by atoms with van der Waals surface area (Å²) < 4.78 is 6.49. The highest BCUT2D eigenvalue weighted by Crippen LogP contribution is 2.25. The zero-order valence-corrected chi connectivity index (χ0v) is 16.0. The number of nitrogens with one attached hydrogen (secondary N) is 1. The molecule has 0 unspecified atom stereocenters. The lowest BCUT2D eigenvalue weighted by molar-refractivity contribution is 0.300. The number of ether oxygens (including phenoxy) is 1. The minimum Gasteiger partial charge on any atom is -0.496 e. The highest BCUT2D eigenvalue weighted by molar-refractivity contribution is 9.10. The van der Waals surface area contributed by atoms with Crippen LogP contribution in [0.5, 0.6) is 5.75 Å². The van der Waals surface area contributed by atoms with Gasteiger partial charge in [0.05, 0.1) is 7.11 Å². The van der Waals surface area contributed by atoms with Crippen LogP contribution in [0.25, 0.3) is 0 Å². The Hall–Kier alpha value is -0.810. The molecule has 1 aromatic rings. The third kappa shape index (κ3) is 4.59. The summed E-state index contributed by atoms with van der Waals surface area (Å²) >= 11 is 9.10. The van der Waals surface area contributed by atoms with Gasteiger partial charge >= 0.3 is 0 Å². The molecule has 0 saturated heterocycles. The molecule has 1 N–H and O–H groups in total. The average Bonchev–Trinajstić information content (AvgIpc) is 2.49. The van der Waals surface area contributed by atoms with Crippen molar-refractivity contribution >= 4 is 33.3 Å². The van der Waals surface area contributed by atoms with E-state index in [-0.39, 0.29) is 0 Å². The molecule has 0 heterocycles. The summed E-state index contributed by atoms with van der Waals surface area (Å²) in [4.78, 5) is 2.08. The van der Waals surface area contributed by atoms with Gasteiger partial charge in [-0.05, 0) is 49.2 Å². The van der Waals surface area contributed by atoms with Gasteiger partial charge in [0, 0.05) is 29.7 Å². The first-order chi connectivity index (χ1) is 10.5. The monoisotopic (exact) mass is 384 g/mol. The van der Waals surface area contributed by atoms with Gasteiger partial charge in [0.15, 0.2) is 5.11 Å². The summed E-state index contributed by atoms with van der Waals surface area (Å²) in [6, 6.07) is 6.56. The number of benzene rings is 1. The van der Waals surface area contributed by atoms with Crippen molar-refractivity contribution in [1.82, 2.24) is 10.2 Å². The lowest BCUT2D eigenvalue weighted by atomic mass is 9.86. The second-order valence-electron chi connectivity index (χ2n) is 6.13. The summed E-state index contributed by atoms with van der Waals surface area (Å²) in [5.41, 5.74) is 1.13. The van der Waals surface area contributed by atoms with E-state index < -0.39 is 0 Å². The van der Waals surface area contributed by atoms with E-state index in [9.17, 15) is 0 Å². The van der Waals surface area contributed by atoms with Crippen molar-refractivity contribution in [2.45, 2.75) is 45.2 Å². The molecule has 5 heteroatoms. The van der Waals surface area contributed by atoms with Crippen LogP contribution in [0, 0.1) is 5.92 Å². The van der Waals surface area contributed by atoms with Crippen molar-refractivity contribution in [3.05, 3.63) is 28.2 Å². The maximum Gasteiger partial charge on any atom is 0.169 e. The van der Waals surface area contributed by atoms with E-state index >= 15 is 0 Å². The fourth-order valence-electron chi connectivity index (χ4n) is 3.00. The van der Waals surface area contributed by atoms with Gasteiger partial charge in [0.2, 0.25) is 0 Å². The van der Waals surface area contributed by atoms with Crippen molar-refractivity contribution in [3.63, 3.8) is 0 Å². The molecule has 122 valence electrons. The number of halogens is 1. The maximum atomic E-state index is 5.58. The van der Waals surface area contributed by atoms with Gasteiger partial charge in [-0.15, -0.1) is 0 Å². The van der Waals surface area contributed by atoms with E-state index in [0.29, 0.717) is 12.0 Å². The van der Waals surface area contributed by atoms with Gasteiger partial charge in [0.25, 0.3) is 0 Å². The molecule has 0 spiro atoms. The van der Waals surface area contributed by atoms with E-state index in [1.165, 1.54) is 25.7 Å². The number of rotatable bonds is 4. The summed E-state index contributed by atoms with van der Waals surface area (Å²) in [7, 11) is 3.73. The first-order valence-electron chi connectivity index (χ1n) is 7.85. The minimum absolute atomic E-state index is 0.508. The predicted octanol–water partition coefficient (Wildman–Crippen LogP) is 4.34. The smallest absolute Gasteiger partial charge is 0.169 e. The first kappa shape index (κ1) is 17.5. The van der Waals surface area contributed by atoms with E-state index in [0.717, 1.165) is 27.4 Å². The van der Waals surface area contributed by atoms with E-state index in [1.54, 1.807) is 7.11 Å². The minimum atomic E-state index is 0.508. The van der Waals surface area contributed by atoms with Crippen LogP contribution in [0.3, 0.4) is 0 Å². The molecule has 0 bridgehead atoms. The van der Waals surface area contributed by atoms with Crippen LogP contribution in [-0.2, 0) is 6.54 Å². The standard InChI is InChI=1S/C17H25BrN2OS/c1-12-6-4-5-7-15(12)19-17(22)20(2)11-13-10-14(18)8-9-16(13)21-3/h8-10,12,15H,4-7,11H2,1-3H3,(H,19,22)/t12-,15-/m0/s1. The third-order valence-electron chi connectivity index (χ3n) is 4.42. The van der Waals surface area contributed by atoms with Crippen LogP contribution in [0.2, 0.25) is 0 Å². The summed E-state index contributed by atoms with van der Waals surface area (Å²) in [6.07, 6.45) is 5.16. The highest BCUT2D eigenvalue weighted by Gasteiger charge is 2.22. The Morgan fingerprint density at radius 3 is 2.82 bits per heavy atom. The average molecular weight is 385 g/mol. The van der Waals surface area contributed by atoms with Crippen molar-refractivity contribution in [1.29, 1.82) is 0 Å². The van der Waals surface area contributed by atoms with Gasteiger partial charge in [-0.3, -0.25) is 0 Å². The molecule has 2 atom stereocenters. The summed E-state index contributed by atoms with van der Waals surface area (Å²) in [5.74, 6) is 1.59. The van der Waals surface area contributed by atoms with Crippen LogP contribution in [0.15, 0.2) is 22.7 Å². The molecule has 1 aliphatic carbocycles. The summed E-state index contributed by atoms with van der Waals surface area (Å²) in [6.45, 7) is 3.05. The van der Waals surface area contributed by atoms with Crippen molar-refractivity contribution in [2.75, 3.05) is 14.2 Å². The maximum absolute atomic E-state index is 5.58. The van der Waals surface area contributed by atoms with Crippen LogP contribution >= 0.6 is 28.1 Å². The Kier molecular flexibility index (Phi) is 6.50. The third-order valence-corrected chi connectivity index (χ3v) is 5.34. The zero-order valence-electron chi connectivity index (χ0n) is 13.6. The molecule has 0 aromatic heterocycles. The van der Waals surface area contributed by atoms with Crippen LogP contribution in [0.1, 0.15) is 38.2 Å². The van der Waals surface area contributed by atoms with Crippen molar-refractivity contribution < 1.29 is 4.74 Å². The Balaban J connectivity index is 1.97. The van der Waals surface area contributed by atoms with Crippen LogP contribution in [-0.4, -0.2) is 30.2 Å². The molecule has 0 amide bonds. The van der Waals surface area contributed by atoms with Crippen LogP contribution < -0.4 is 10.1 Å². The zero-order chi connectivity index (χ0) is 16.1. The molecule has 0 radical (unpaired) electrons. The molecular formula is C17H25BrN2OS. The molecule has 2 rings (SSSR count). The largest absolute Gasteiger partial charge is 0.496 e. The van der Waals surface area contributed by atoms with E-state index in [1.807, 2.05) is 19.2 Å². The second-order valence-corrected chi connectivity index (χ2v) is 7.43. The Morgan fingerprint density at radius 2 is 2.14 bits per heavy atom. The Bertz CT molecular complexity index is 523. The van der Waals surface area contributed by atoms with Crippen molar-refractivity contribution in [3.8, 4) is 5.75 Å². The topological polar surface area (TPSA) is 24.5 Å². The number of methoxy groups -OCH3 is 1. The first-order valence-corrected chi connectivity index (χ1v) is 9.05. The lowest BCUT2D eigenvalue weighted by Crippen LogP contribution is -2.46. The molecular weight excluding hydrogens is 360 g/mol. The molecule has 1 aromatic carbocycles. The second kappa shape index (κ2) is 8.16. The van der Waals surface area contributed by atoms with E-state index in [4.69, 9.17) is 17.0 Å². The molecule has 3 nitrogen and oxygen atoms in total. The van der Waals surface area contributed by atoms with Gasteiger partial charge in [-0.25, -0.2) is 0 Å². The Morgan fingerprint density at radius 1 is 1.41 bits per heavy atom. The molecule has 1 fully saturated rings. The van der Waals surface area contributed by atoms with Gasteiger partial charge < -0.3 is 15.0 Å². The number of hydrogen-bond acceptors (Lipinski definition) is 2. The molecule has 1 aliphatic rings. The van der Waals surface area contributed by atoms with Gasteiger partial charge in [-0.2, -0.15) is 0 Å². The normalized spacial score (nSPS) is 21.3. The van der Waals surface area contributed by atoms with Gasteiger partial charge in [0.1, 0.15) is 5.75 Å². The SMILES string of the molecule is COc1ccc(Br)cc1CN(C)C(=S)N[C@H]1CCCC[C@@H]1C. The quantitative estimate of drug-likeness (QED) is 0.780. The van der Waals surface area contributed by atoms with Gasteiger partial charge in [-0.1, -0.05) is 35.7 Å².